The average Bonchev–Trinajstić information content (AvgIpc) is 2.96. The zero-order valence-electron chi connectivity index (χ0n) is 12.4. The number of anilines is 1. The summed E-state index contributed by atoms with van der Waals surface area (Å²) in [6.45, 7) is 1.18. The van der Waals surface area contributed by atoms with Crippen LogP contribution in [0.3, 0.4) is 0 Å². The Morgan fingerprint density at radius 1 is 1.48 bits per heavy atom. The molecule has 0 aliphatic rings. The molecule has 0 saturated heterocycles. The molecule has 3 rings (SSSR count). The summed E-state index contributed by atoms with van der Waals surface area (Å²) in [5, 5.41) is 6.10. The van der Waals surface area contributed by atoms with Crippen molar-refractivity contribution in [1.29, 1.82) is 0 Å². The molecule has 4 N–H and O–H groups in total. The van der Waals surface area contributed by atoms with Gasteiger partial charge in [-0.15, -0.1) is 11.3 Å². The molecule has 0 unspecified atom stereocenters. The van der Waals surface area contributed by atoms with Gasteiger partial charge in [0.15, 0.2) is 10.6 Å². The van der Waals surface area contributed by atoms with Crippen molar-refractivity contribution in [1.82, 2.24) is 15.3 Å². The molecular weight excluding hydrogens is 336 g/mol. The molecule has 0 bridgehead atoms. The first-order valence-corrected chi connectivity index (χ1v) is 8.20. The molecule has 1 aromatic carbocycles. The number of pyridine rings is 1. The van der Waals surface area contributed by atoms with E-state index in [1.807, 2.05) is 7.05 Å². The number of ether oxygens (including phenoxy) is 1. The molecular formula is C15H15ClN4O2S. The van der Waals surface area contributed by atoms with Crippen LogP contribution in [0.1, 0.15) is 0 Å². The number of nitrogens with zero attached hydrogens (tertiary/aromatic N) is 1. The maximum Gasteiger partial charge on any atom is 0.190 e. The van der Waals surface area contributed by atoms with Crippen molar-refractivity contribution in [2.45, 2.75) is 0 Å². The highest BCUT2D eigenvalue weighted by Crippen LogP contribution is 2.32. The lowest BCUT2D eigenvalue weighted by molar-refractivity contribution is 0.319. The second kappa shape index (κ2) is 6.57. The highest BCUT2D eigenvalue weighted by atomic mass is 35.5. The Labute approximate surface area is 141 Å². The summed E-state index contributed by atoms with van der Waals surface area (Å²) in [6, 6.07) is 4.90. The van der Waals surface area contributed by atoms with Gasteiger partial charge >= 0.3 is 0 Å². The fourth-order valence-electron chi connectivity index (χ4n) is 2.19. The van der Waals surface area contributed by atoms with E-state index in [1.165, 1.54) is 17.4 Å². The molecule has 0 amide bonds. The lowest BCUT2D eigenvalue weighted by Crippen LogP contribution is -2.16. The number of H-pyrrole nitrogens is 1. The molecule has 0 spiro atoms. The first-order chi connectivity index (χ1) is 11.1. The van der Waals surface area contributed by atoms with Crippen LogP contribution >= 0.6 is 22.9 Å². The minimum Gasteiger partial charge on any atom is -0.491 e. The van der Waals surface area contributed by atoms with Crippen LogP contribution in [0.5, 0.6) is 5.75 Å². The van der Waals surface area contributed by atoms with Gasteiger partial charge in [0.05, 0.1) is 16.9 Å². The van der Waals surface area contributed by atoms with E-state index in [0.29, 0.717) is 51.3 Å². The summed E-state index contributed by atoms with van der Waals surface area (Å²) in [7, 11) is 1.84. The highest BCUT2D eigenvalue weighted by Gasteiger charge is 2.13. The monoisotopic (exact) mass is 350 g/mol. The van der Waals surface area contributed by atoms with Gasteiger partial charge in [-0.05, 0) is 19.2 Å². The predicted octanol–water partition coefficient (Wildman–Crippen LogP) is 2.49. The number of thiazole rings is 1. The Balaban J connectivity index is 2.09. The number of nitrogens with one attached hydrogen (secondary N) is 2. The summed E-state index contributed by atoms with van der Waals surface area (Å²) in [6.07, 6.45) is 0. The minimum absolute atomic E-state index is 0.135. The predicted molar refractivity (Wildman–Crippen MR) is 94.5 cm³/mol. The number of nitrogens with two attached hydrogens (primary N) is 1. The maximum atomic E-state index is 12.3. The molecule has 6 nitrogen and oxygen atoms in total. The molecule has 0 atom stereocenters. The van der Waals surface area contributed by atoms with Crippen LogP contribution in [0.15, 0.2) is 28.4 Å². The number of fused-ring (bicyclic) bond motifs is 1. The van der Waals surface area contributed by atoms with E-state index >= 15 is 0 Å². The number of halogens is 1. The van der Waals surface area contributed by atoms with Gasteiger partial charge in [-0.1, -0.05) is 11.6 Å². The third-order valence-electron chi connectivity index (χ3n) is 3.31. The molecule has 0 radical (unpaired) electrons. The summed E-state index contributed by atoms with van der Waals surface area (Å²) < 4.78 is 5.62. The van der Waals surface area contributed by atoms with E-state index in [2.05, 4.69) is 15.3 Å². The van der Waals surface area contributed by atoms with E-state index in [9.17, 15) is 4.79 Å². The third kappa shape index (κ3) is 3.17. The van der Waals surface area contributed by atoms with E-state index in [0.717, 1.165) is 0 Å². The number of rotatable bonds is 5. The van der Waals surface area contributed by atoms with Gasteiger partial charge in [0.1, 0.15) is 17.4 Å². The van der Waals surface area contributed by atoms with Gasteiger partial charge in [0.25, 0.3) is 0 Å². The molecule has 2 aromatic heterocycles. The van der Waals surface area contributed by atoms with E-state index in [4.69, 9.17) is 22.1 Å². The van der Waals surface area contributed by atoms with Crippen LogP contribution in [0.25, 0.3) is 22.3 Å². The van der Waals surface area contributed by atoms with Gasteiger partial charge < -0.3 is 20.8 Å². The number of nitrogen functional groups attached to an aromatic ring is 1. The summed E-state index contributed by atoms with van der Waals surface area (Å²) in [4.78, 5) is 19.7. The molecule has 0 aliphatic heterocycles. The van der Waals surface area contributed by atoms with Gasteiger partial charge in [-0.3, -0.25) is 4.79 Å². The summed E-state index contributed by atoms with van der Waals surface area (Å²) in [5.74, 6) is 0.528. The number of likely N-dealkylation sites (N-methyl/N-ethyl adjacent to an activating group) is 1. The van der Waals surface area contributed by atoms with Crippen molar-refractivity contribution in [3.63, 3.8) is 0 Å². The number of aromatic amines is 1. The van der Waals surface area contributed by atoms with Crippen LogP contribution in [0, 0.1) is 0 Å². The Hall–Kier alpha value is -2.09. The van der Waals surface area contributed by atoms with Crippen molar-refractivity contribution in [3.8, 4) is 17.1 Å². The first kappa shape index (κ1) is 15.8. The zero-order chi connectivity index (χ0) is 16.4. The van der Waals surface area contributed by atoms with Crippen molar-refractivity contribution < 1.29 is 4.74 Å². The maximum absolute atomic E-state index is 12.3. The first-order valence-electron chi connectivity index (χ1n) is 6.94. The lowest BCUT2D eigenvalue weighted by Gasteiger charge is -2.10. The Morgan fingerprint density at radius 2 is 2.30 bits per heavy atom. The van der Waals surface area contributed by atoms with Crippen molar-refractivity contribution in [3.05, 3.63) is 38.8 Å². The molecule has 2 heterocycles. The average molecular weight is 351 g/mol. The van der Waals surface area contributed by atoms with Crippen LogP contribution in [0.4, 0.5) is 5.13 Å². The van der Waals surface area contributed by atoms with E-state index in [-0.39, 0.29) is 5.43 Å². The number of aromatic nitrogens is 2. The minimum atomic E-state index is -0.135. The van der Waals surface area contributed by atoms with E-state index < -0.39 is 0 Å². The molecule has 23 heavy (non-hydrogen) atoms. The molecule has 0 saturated carbocycles. The Kier molecular flexibility index (Phi) is 4.51. The Morgan fingerprint density at radius 3 is 3.00 bits per heavy atom. The quantitative estimate of drug-likeness (QED) is 0.615. The second-order valence-corrected chi connectivity index (χ2v) is 6.14. The standard InChI is InChI=1S/C15H15ClN4O2S/c1-18-4-5-22-12-3-2-8-11(21)6-9(19-14(8)13(12)16)10-7-23-15(17)20-10/h2-3,6-7,18H,4-5H2,1H3,(H2,17,20)(H,19,21). The van der Waals surface area contributed by atoms with Crippen LogP contribution in [0.2, 0.25) is 5.02 Å². The van der Waals surface area contributed by atoms with Crippen molar-refractivity contribution in [2.75, 3.05) is 25.9 Å². The summed E-state index contributed by atoms with van der Waals surface area (Å²) in [5.41, 5.74) is 7.24. The van der Waals surface area contributed by atoms with Crippen LogP contribution < -0.4 is 21.2 Å². The highest BCUT2D eigenvalue weighted by molar-refractivity contribution is 7.13. The topological polar surface area (TPSA) is 93.0 Å². The van der Waals surface area contributed by atoms with Crippen LogP contribution in [-0.2, 0) is 0 Å². The van der Waals surface area contributed by atoms with E-state index in [1.54, 1.807) is 17.5 Å². The second-order valence-electron chi connectivity index (χ2n) is 4.87. The van der Waals surface area contributed by atoms with Crippen molar-refractivity contribution in [2.24, 2.45) is 0 Å². The largest absolute Gasteiger partial charge is 0.491 e. The molecule has 0 fully saturated rings. The van der Waals surface area contributed by atoms with Gasteiger partial charge in [0, 0.05) is 23.4 Å². The Bertz CT molecular complexity index is 906. The van der Waals surface area contributed by atoms with Gasteiger partial charge in [0.2, 0.25) is 0 Å². The van der Waals surface area contributed by atoms with Gasteiger partial charge in [-0.25, -0.2) is 4.98 Å². The summed E-state index contributed by atoms with van der Waals surface area (Å²) >= 11 is 7.71. The van der Waals surface area contributed by atoms with Crippen LogP contribution in [-0.4, -0.2) is 30.2 Å². The fraction of sp³-hybridized carbons (Fsp3) is 0.200. The van der Waals surface area contributed by atoms with Gasteiger partial charge in [-0.2, -0.15) is 0 Å². The SMILES string of the molecule is CNCCOc1ccc2c(=O)cc(-c3csc(N)n3)[nH]c2c1Cl. The lowest BCUT2D eigenvalue weighted by atomic mass is 10.1. The number of benzene rings is 1. The third-order valence-corrected chi connectivity index (χ3v) is 4.36. The fourth-order valence-corrected chi connectivity index (χ4v) is 3.02. The molecule has 3 aromatic rings. The number of hydrogen-bond donors (Lipinski definition) is 3. The number of hydrogen-bond acceptors (Lipinski definition) is 6. The smallest absolute Gasteiger partial charge is 0.190 e. The molecule has 8 heteroatoms. The molecule has 120 valence electrons. The zero-order valence-corrected chi connectivity index (χ0v) is 13.9. The normalized spacial score (nSPS) is 11.0. The van der Waals surface area contributed by atoms with Crippen molar-refractivity contribution >= 4 is 39.0 Å². The molecule has 0 aliphatic carbocycles.